The summed E-state index contributed by atoms with van der Waals surface area (Å²) in [6.45, 7) is 6.90. The van der Waals surface area contributed by atoms with Gasteiger partial charge in [0.1, 0.15) is 5.75 Å². The van der Waals surface area contributed by atoms with Crippen molar-refractivity contribution < 1.29 is 14.3 Å². The Balaban J connectivity index is 1.59. The number of nitrogens with one attached hydrogen (secondary N) is 2. The van der Waals surface area contributed by atoms with Crippen LogP contribution in [-0.4, -0.2) is 39.4 Å². The predicted octanol–water partition coefficient (Wildman–Crippen LogP) is 3.84. The second kappa shape index (κ2) is 11.5. The monoisotopic (exact) mass is 467 g/mol. The lowest BCUT2D eigenvalue weighted by Gasteiger charge is -2.13. The Labute approximate surface area is 198 Å². The SMILES string of the molecule is CCc1cccc(C)c1NC(=O)CSc1nnc(CNC(=O)c2ccc(OC)cc2)n1CC. The third-order valence-electron chi connectivity index (χ3n) is 5.21. The molecule has 0 saturated heterocycles. The molecule has 0 saturated carbocycles. The van der Waals surface area contributed by atoms with Gasteiger partial charge in [0.25, 0.3) is 5.91 Å². The summed E-state index contributed by atoms with van der Waals surface area (Å²) in [5.41, 5.74) is 3.57. The Bertz CT molecular complexity index is 1110. The van der Waals surface area contributed by atoms with Crippen LogP contribution < -0.4 is 15.4 Å². The Morgan fingerprint density at radius 3 is 2.52 bits per heavy atom. The average molecular weight is 468 g/mol. The zero-order valence-electron chi connectivity index (χ0n) is 19.3. The summed E-state index contributed by atoms with van der Waals surface area (Å²) in [4.78, 5) is 25.0. The zero-order chi connectivity index (χ0) is 23.8. The van der Waals surface area contributed by atoms with Crippen molar-refractivity contribution >= 4 is 29.3 Å². The van der Waals surface area contributed by atoms with E-state index in [1.807, 2.05) is 36.6 Å². The fourth-order valence-corrected chi connectivity index (χ4v) is 4.21. The Morgan fingerprint density at radius 1 is 1.09 bits per heavy atom. The molecule has 0 aliphatic rings. The maximum Gasteiger partial charge on any atom is 0.251 e. The average Bonchev–Trinajstić information content (AvgIpc) is 3.24. The molecule has 1 heterocycles. The van der Waals surface area contributed by atoms with Crippen molar-refractivity contribution in [2.24, 2.45) is 0 Å². The molecule has 9 heteroatoms. The number of carbonyl (C=O) groups excluding carboxylic acids is 2. The number of benzene rings is 2. The highest BCUT2D eigenvalue weighted by atomic mass is 32.2. The highest BCUT2D eigenvalue weighted by Gasteiger charge is 2.15. The molecular formula is C24H29N5O3S. The van der Waals surface area contributed by atoms with Crippen LogP contribution in [-0.2, 0) is 24.3 Å². The van der Waals surface area contributed by atoms with E-state index in [1.165, 1.54) is 11.8 Å². The first-order valence-corrected chi connectivity index (χ1v) is 11.8. The summed E-state index contributed by atoms with van der Waals surface area (Å²) < 4.78 is 7.02. The number of methoxy groups -OCH3 is 1. The number of anilines is 1. The molecule has 0 unspecified atom stereocenters. The van der Waals surface area contributed by atoms with Crippen LogP contribution in [0, 0.1) is 6.92 Å². The van der Waals surface area contributed by atoms with E-state index in [0.717, 1.165) is 23.2 Å². The molecule has 0 aliphatic heterocycles. The number of hydrogen-bond donors (Lipinski definition) is 2. The molecular weight excluding hydrogens is 438 g/mol. The van der Waals surface area contributed by atoms with Crippen molar-refractivity contribution in [2.75, 3.05) is 18.2 Å². The highest BCUT2D eigenvalue weighted by molar-refractivity contribution is 7.99. The fourth-order valence-electron chi connectivity index (χ4n) is 3.39. The number of amides is 2. The van der Waals surface area contributed by atoms with Crippen molar-refractivity contribution in [3.63, 3.8) is 0 Å². The van der Waals surface area contributed by atoms with Gasteiger partial charge in [0, 0.05) is 17.8 Å². The van der Waals surface area contributed by atoms with Crippen LogP contribution in [0.5, 0.6) is 5.75 Å². The van der Waals surface area contributed by atoms with E-state index in [9.17, 15) is 9.59 Å². The van der Waals surface area contributed by atoms with Gasteiger partial charge in [0.15, 0.2) is 11.0 Å². The van der Waals surface area contributed by atoms with Crippen LogP contribution in [0.2, 0.25) is 0 Å². The van der Waals surface area contributed by atoms with E-state index in [2.05, 4.69) is 27.8 Å². The van der Waals surface area contributed by atoms with Crippen LogP contribution in [0.1, 0.15) is 41.2 Å². The van der Waals surface area contributed by atoms with Crippen molar-refractivity contribution in [2.45, 2.75) is 45.4 Å². The van der Waals surface area contributed by atoms with Gasteiger partial charge in [-0.25, -0.2) is 0 Å². The van der Waals surface area contributed by atoms with E-state index in [1.54, 1.807) is 31.4 Å². The normalized spacial score (nSPS) is 10.7. The molecule has 0 spiro atoms. The van der Waals surface area contributed by atoms with E-state index in [4.69, 9.17) is 4.74 Å². The number of para-hydroxylation sites is 1. The second-order valence-corrected chi connectivity index (χ2v) is 8.30. The Kier molecular flexibility index (Phi) is 8.48. The van der Waals surface area contributed by atoms with Crippen LogP contribution in [0.15, 0.2) is 47.6 Å². The first-order valence-electron chi connectivity index (χ1n) is 10.8. The summed E-state index contributed by atoms with van der Waals surface area (Å²) in [7, 11) is 1.58. The number of rotatable bonds is 10. The van der Waals surface area contributed by atoms with Gasteiger partial charge in [-0.05, 0) is 55.7 Å². The number of aryl methyl sites for hydroxylation is 2. The fraction of sp³-hybridized carbons (Fsp3) is 0.333. The van der Waals surface area contributed by atoms with Gasteiger partial charge in [0.05, 0.1) is 19.4 Å². The smallest absolute Gasteiger partial charge is 0.251 e. The van der Waals surface area contributed by atoms with Crippen molar-refractivity contribution in [1.82, 2.24) is 20.1 Å². The summed E-state index contributed by atoms with van der Waals surface area (Å²) in [6.07, 6.45) is 0.847. The summed E-state index contributed by atoms with van der Waals surface area (Å²) in [5.74, 6) is 1.24. The van der Waals surface area contributed by atoms with Crippen LogP contribution in [0.25, 0.3) is 0 Å². The maximum absolute atomic E-state index is 12.6. The third kappa shape index (κ3) is 6.13. The lowest BCUT2D eigenvalue weighted by Crippen LogP contribution is -2.24. The van der Waals surface area contributed by atoms with E-state index in [-0.39, 0.29) is 24.1 Å². The van der Waals surface area contributed by atoms with Gasteiger partial charge >= 0.3 is 0 Å². The standard InChI is InChI=1S/C24H29N5O3S/c1-5-17-9-7-8-16(3)22(17)26-21(30)15-33-24-28-27-20(29(24)6-2)14-25-23(31)18-10-12-19(32-4)13-11-18/h7-13H,5-6,14-15H2,1-4H3,(H,25,31)(H,26,30). The van der Waals surface area contributed by atoms with Crippen molar-refractivity contribution in [1.29, 1.82) is 0 Å². The van der Waals surface area contributed by atoms with Crippen LogP contribution in [0.3, 0.4) is 0 Å². The van der Waals surface area contributed by atoms with Crippen LogP contribution in [0.4, 0.5) is 5.69 Å². The van der Waals surface area contributed by atoms with Gasteiger partial charge in [0.2, 0.25) is 5.91 Å². The van der Waals surface area contributed by atoms with Crippen molar-refractivity contribution in [3.05, 3.63) is 65.0 Å². The molecule has 0 atom stereocenters. The Morgan fingerprint density at radius 2 is 1.85 bits per heavy atom. The van der Waals surface area contributed by atoms with Crippen LogP contribution >= 0.6 is 11.8 Å². The molecule has 3 rings (SSSR count). The number of hydrogen-bond acceptors (Lipinski definition) is 6. The number of carbonyl (C=O) groups is 2. The molecule has 2 aromatic carbocycles. The molecule has 0 radical (unpaired) electrons. The Hall–Kier alpha value is -3.33. The quantitative estimate of drug-likeness (QED) is 0.440. The van der Waals surface area contributed by atoms with E-state index in [0.29, 0.717) is 28.8 Å². The van der Waals surface area contributed by atoms with E-state index < -0.39 is 0 Å². The van der Waals surface area contributed by atoms with Gasteiger partial charge in [-0.1, -0.05) is 36.9 Å². The number of ether oxygens (including phenoxy) is 1. The minimum Gasteiger partial charge on any atom is -0.497 e. The molecule has 0 aliphatic carbocycles. The summed E-state index contributed by atoms with van der Waals surface area (Å²) in [5, 5.41) is 15.0. The maximum atomic E-state index is 12.6. The molecule has 3 aromatic rings. The molecule has 2 amide bonds. The molecule has 174 valence electrons. The number of nitrogens with zero attached hydrogens (tertiary/aromatic N) is 3. The number of thioether (sulfide) groups is 1. The van der Waals surface area contributed by atoms with Gasteiger partial charge < -0.3 is 19.9 Å². The van der Waals surface area contributed by atoms with E-state index >= 15 is 0 Å². The molecule has 1 aromatic heterocycles. The molecule has 2 N–H and O–H groups in total. The molecule has 0 fully saturated rings. The minimum atomic E-state index is -0.207. The number of aromatic nitrogens is 3. The summed E-state index contributed by atoms with van der Waals surface area (Å²) >= 11 is 1.32. The second-order valence-electron chi connectivity index (χ2n) is 7.35. The van der Waals surface area contributed by atoms with Gasteiger partial charge in [-0.3, -0.25) is 9.59 Å². The molecule has 0 bridgehead atoms. The topological polar surface area (TPSA) is 98.1 Å². The first kappa shape index (κ1) is 24.3. The molecule has 33 heavy (non-hydrogen) atoms. The third-order valence-corrected chi connectivity index (χ3v) is 6.17. The summed E-state index contributed by atoms with van der Waals surface area (Å²) in [6, 6.07) is 12.9. The predicted molar refractivity (Wildman–Crippen MR) is 130 cm³/mol. The lowest BCUT2D eigenvalue weighted by molar-refractivity contribution is -0.113. The van der Waals surface area contributed by atoms with Gasteiger partial charge in [-0.2, -0.15) is 0 Å². The molecule has 8 nitrogen and oxygen atoms in total. The first-order chi connectivity index (χ1) is 16.0. The highest BCUT2D eigenvalue weighted by Crippen LogP contribution is 2.23. The lowest BCUT2D eigenvalue weighted by atomic mass is 10.1. The zero-order valence-corrected chi connectivity index (χ0v) is 20.2. The largest absolute Gasteiger partial charge is 0.497 e. The van der Waals surface area contributed by atoms with Crippen molar-refractivity contribution in [3.8, 4) is 5.75 Å². The minimum absolute atomic E-state index is 0.0935. The van der Waals surface area contributed by atoms with Gasteiger partial charge in [-0.15, -0.1) is 10.2 Å².